The van der Waals surface area contributed by atoms with E-state index in [1.807, 2.05) is 23.1 Å². The minimum absolute atomic E-state index is 0.204. The van der Waals surface area contributed by atoms with Crippen molar-refractivity contribution in [2.24, 2.45) is 5.92 Å². The van der Waals surface area contributed by atoms with E-state index in [1.165, 1.54) is 5.56 Å². The molecule has 1 aliphatic heterocycles. The third kappa shape index (κ3) is 3.82. The van der Waals surface area contributed by atoms with Crippen molar-refractivity contribution in [1.29, 1.82) is 0 Å². The maximum atomic E-state index is 12.4. The molecule has 2 N–H and O–H groups in total. The summed E-state index contributed by atoms with van der Waals surface area (Å²) in [5.41, 5.74) is 2.83. The van der Waals surface area contributed by atoms with Crippen molar-refractivity contribution in [2.45, 2.75) is 25.7 Å². The number of benzene rings is 1. The standard InChI is InChI=1S/C17H23N3O3/c1-23-10-8-18-17(22)19-14-7-6-12-3-2-9-20(15(12)11-14)16(21)13-4-5-13/h6-7,11,13H,2-5,8-10H2,1H3,(H2,18,19,22). The van der Waals surface area contributed by atoms with Gasteiger partial charge >= 0.3 is 6.03 Å². The first kappa shape index (κ1) is 15.8. The van der Waals surface area contributed by atoms with Crippen LogP contribution in [0.5, 0.6) is 0 Å². The third-order valence-corrected chi connectivity index (χ3v) is 4.25. The average molecular weight is 317 g/mol. The summed E-state index contributed by atoms with van der Waals surface area (Å²) in [5.74, 6) is 0.433. The molecule has 0 saturated heterocycles. The van der Waals surface area contributed by atoms with Crippen molar-refractivity contribution in [3.05, 3.63) is 23.8 Å². The summed E-state index contributed by atoms with van der Waals surface area (Å²) in [5, 5.41) is 5.53. The first-order valence-corrected chi connectivity index (χ1v) is 8.17. The molecule has 0 spiro atoms. The fraction of sp³-hybridized carbons (Fsp3) is 0.529. The summed E-state index contributed by atoms with van der Waals surface area (Å²) in [6, 6.07) is 5.54. The lowest BCUT2D eigenvalue weighted by atomic mass is 10.0. The molecule has 0 bridgehead atoms. The fourth-order valence-electron chi connectivity index (χ4n) is 2.87. The molecule has 1 aromatic carbocycles. The van der Waals surface area contributed by atoms with Gasteiger partial charge in [0.25, 0.3) is 0 Å². The van der Waals surface area contributed by atoms with Gasteiger partial charge in [0.1, 0.15) is 0 Å². The van der Waals surface area contributed by atoms with E-state index in [9.17, 15) is 9.59 Å². The number of methoxy groups -OCH3 is 1. The van der Waals surface area contributed by atoms with Crippen LogP contribution in [-0.2, 0) is 16.0 Å². The van der Waals surface area contributed by atoms with Gasteiger partial charge in [-0.3, -0.25) is 4.79 Å². The minimum atomic E-state index is -0.266. The molecule has 6 heteroatoms. The van der Waals surface area contributed by atoms with E-state index >= 15 is 0 Å². The molecule has 124 valence electrons. The molecule has 0 aromatic heterocycles. The van der Waals surface area contributed by atoms with Gasteiger partial charge in [-0.05, 0) is 43.4 Å². The molecule has 0 atom stereocenters. The van der Waals surface area contributed by atoms with Gasteiger partial charge in [-0.2, -0.15) is 0 Å². The number of aryl methyl sites for hydroxylation is 1. The SMILES string of the molecule is COCCNC(=O)Nc1ccc2c(c1)N(C(=O)C1CC1)CCC2. The largest absolute Gasteiger partial charge is 0.383 e. The molecule has 23 heavy (non-hydrogen) atoms. The fourth-order valence-corrected chi connectivity index (χ4v) is 2.87. The Morgan fingerprint density at radius 1 is 1.35 bits per heavy atom. The molecule has 1 fully saturated rings. The number of hydrogen-bond donors (Lipinski definition) is 2. The van der Waals surface area contributed by atoms with Crippen LogP contribution in [0.3, 0.4) is 0 Å². The summed E-state index contributed by atoms with van der Waals surface area (Å²) in [7, 11) is 1.59. The van der Waals surface area contributed by atoms with Crippen LogP contribution in [0.25, 0.3) is 0 Å². The molecule has 0 radical (unpaired) electrons. The molecular weight excluding hydrogens is 294 g/mol. The summed E-state index contributed by atoms with van der Waals surface area (Å²) in [6.45, 7) is 1.70. The Morgan fingerprint density at radius 3 is 2.91 bits per heavy atom. The van der Waals surface area contributed by atoms with Gasteiger partial charge in [-0.15, -0.1) is 0 Å². The number of nitrogens with zero attached hydrogens (tertiary/aromatic N) is 1. The molecule has 6 nitrogen and oxygen atoms in total. The van der Waals surface area contributed by atoms with Crippen LogP contribution in [0, 0.1) is 5.92 Å². The number of fused-ring (bicyclic) bond motifs is 1. The first-order valence-electron chi connectivity index (χ1n) is 8.17. The van der Waals surface area contributed by atoms with Crippen molar-refractivity contribution in [3.8, 4) is 0 Å². The summed E-state index contributed by atoms with van der Waals surface area (Å²) >= 11 is 0. The third-order valence-electron chi connectivity index (χ3n) is 4.25. The van der Waals surface area contributed by atoms with Crippen LogP contribution in [0.1, 0.15) is 24.8 Å². The maximum absolute atomic E-state index is 12.4. The number of carbonyl (C=O) groups excluding carboxylic acids is 2. The highest BCUT2D eigenvalue weighted by atomic mass is 16.5. The van der Waals surface area contributed by atoms with E-state index in [-0.39, 0.29) is 17.9 Å². The van der Waals surface area contributed by atoms with Gasteiger partial charge in [-0.25, -0.2) is 4.79 Å². The van der Waals surface area contributed by atoms with E-state index < -0.39 is 0 Å². The number of hydrogen-bond acceptors (Lipinski definition) is 3. The Labute approximate surface area is 136 Å². The van der Waals surface area contributed by atoms with E-state index in [0.29, 0.717) is 18.8 Å². The monoisotopic (exact) mass is 317 g/mol. The van der Waals surface area contributed by atoms with Crippen LogP contribution in [-0.4, -0.2) is 38.7 Å². The molecule has 2 aliphatic rings. The highest BCUT2D eigenvalue weighted by molar-refractivity contribution is 5.98. The lowest BCUT2D eigenvalue weighted by molar-refractivity contribution is -0.119. The zero-order chi connectivity index (χ0) is 16.2. The first-order chi connectivity index (χ1) is 11.2. The molecular formula is C17H23N3O3. The highest BCUT2D eigenvalue weighted by Crippen LogP contribution is 2.36. The van der Waals surface area contributed by atoms with Crippen molar-refractivity contribution in [3.63, 3.8) is 0 Å². The summed E-state index contributed by atoms with van der Waals surface area (Å²) < 4.78 is 4.90. The lowest BCUT2D eigenvalue weighted by Gasteiger charge is -2.30. The Balaban J connectivity index is 1.70. The molecule has 1 saturated carbocycles. The molecule has 3 amide bonds. The van der Waals surface area contributed by atoms with Crippen LogP contribution in [0.4, 0.5) is 16.2 Å². The Bertz CT molecular complexity index is 599. The zero-order valence-electron chi connectivity index (χ0n) is 13.4. The van der Waals surface area contributed by atoms with Crippen molar-refractivity contribution >= 4 is 23.3 Å². The smallest absolute Gasteiger partial charge is 0.319 e. The van der Waals surface area contributed by atoms with Crippen LogP contribution < -0.4 is 15.5 Å². The van der Waals surface area contributed by atoms with Crippen molar-refractivity contribution in [2.75, 3.05) is 37.0 Å². The topological polar surface area (TPSA) is 70.7 Å². The molecule has 0 unspecified atom stereocenters. The quantitative estimate of drug-likeness (QED) is 0.818. The predicted octanol–water partition coefficient (Wildman–Crippen LogP) is 2.14. The van der Waals surface area contributed by atoms with Gasteiger partial charge in [0.2, 0.25) is 5.91 Å². The number of rotatable bonds is 5. The zero-order valence-corrected chi connectivity index (χ0v) is 13.4. The highest BCUT2D eigenvalue weighted by Gasteiger charge is 2.35. The van der Waals surface area contributed by atoms with Crippen LogP contribution >= 0.6 is 0 Å². The minimum Gasteiger partial charge on any atom is -0.383 e. The normalized spacial score (nSPS) is 16.7. The number of nitrogens with one attached hydrogen (secondary N) is 2. The molecule has 3 rings (SSSR count). The van der Waals surface area contributed by atoms with Crippen LogP contribution in [0.2, 0.25) is 0 Å². The van der Waals surface area contributed by atoms with Crippen molar-refractivity contribution < 1.29 is 14.3 Å². The van der Waals surface area contributed by atoms with E-state index in [2.05, 4.69) is 10.6 Å². The predicted molar refractivity (Wildman–Crippen MR) is 88.7 cm³/mol. The van der Waals surface area contributed by atoms with E-state index in [4.69, 9.17) is 4.74 Å². The second kappa shape index (κ2) is 7.00. The second-order valence-electron chi connectivity index (χ2n) is 6.08. The second-order valence-corrected chi connectivity index (χ2v) is 6.08. The number of urea groups is 1. The lowest BCUT2D eigenvalue weighted by Crippen LogP contribution is -2.36. The Hall–Kier alpha value is -2.08. The van der Waals surface area contributed by atoms with E-state index in [0.717, 1.165) is 37.9 Å². The molecule has 1 heterocycles. The van der Waals surface area contributed by atoms with Gasteiger partial charge in [0.05, 0.1) is 6.61 Å². The van der Waals surface area contributed by atoms with Gasteiger partial charge in [0, 0.05) is 37.5 Å². The van der Waals surface area contributed by atoms with Crippen LogP contribution in [0.15, 0.2) is 18.2 Å². The van der Waals surface area contributed by atoms with Crippen molar-refractivity contribution in [1.82, 2.24) is 5.32 Å². The van der Waals surface area contributed by atoms with Gasteiger partial charge in [-0.1, -0.05) is 6.07 Å². The molecule has 1 aromatic rings. The summed E-state index contributed by atoms with van der Waals surface area (Å²) in [4.78, 5) is 26.2. The average Bonchev–Trinajstić information content (AvgIpc) is 3.39. The summed E-state index contributed by atoms with van der Waals surface area (Å²) in [6.07, 6.45) is 3.98. The number of carbonyl (C=O) groups is 2. The number of amides is 3. The maximum Gasteiger partial charge on any atom is 0.319 e. The van der Waals surface area contributed by atoms with E-state index in [1.54, 1.807) is 7.11 Å². The number of anilines is 2. The van der Waals surface area contributed by atoms with Gasteiger partial charge < -0.3 is 20.3 Å². The number of ether oxygens (including phenoxy) is 1. The molecule has 1 aliphatic carbocycles. The Kier molecular flexibility index (Phi) is 4.81. The van der Waals surface area contributed by atoms with Gasteiger partial charge in [0.15, 0.2) is 0 Å². The Morgan fingerprint density at radius 2 is 2.17 bits per heavy atom.